The molecular formula is C25H25F4N5O. The van der Waals surface area contributed by atoms with E-state index in [0.717, 1.165) is 17.7 Å². The first kappa shape index (κ1) is 24.4. The largest absolute Gasteiger partial charge is 0.416 e. The topological polar surface area (TPSA) is 61.4 Å². The van der Waals surface area contributed by atoms with Gasteiger partial charge in [0.05, 0.1) is 11.3 Å². The molecule has 2 amide bonds. The highest BCUT2D eigenvalue weighted by Gasteiger charge is 2.31. The summed E-state index contributed by atoms with van der Waals surface area (Å²) in [6, 6.07) is 10.8. The van der Waals surface area contributed by atoms with Crippen LogP contribution in [-0.4, -0.2) is 47.1 Å². The maximum Gasteiger partial charge on any atom is 0.416 e. The van der Waals surface area contributed by atoms with Gasteiger partial charge < -0.3 is 15.1 Å². The van der Waals surface area contributed by atoms with Crippen molar-refractivity contribution in [1.29, 1.82) is 0 Å². The van der Waals surface area contributed by atoms with Gasteiger partial charge in [-0.15, -0.1) is 0 Å². The van der Waals surface area contributed by atoms with Crippen LogP contribution in [0.2, 0.25) is 0 Å². The molecule has 1 aliphatic rings. The normalized spacial score (nSPS) is 14.2. The van der Waals surface area contributed by atoms with Crippen LogP contribution in [0.15, 0.2) is 48.5 Å². The number of alkyl halides is 3. The zero-order valence-corrected chi connectivity index (χ0v) is 19.4. The Balaban J connectivity index is 1.50. The summed E-state index contributed by atoms with van der Waals surface area (Å²) in [6.45, 7) is 5.28. The summed E-state index contributed by atoms with van der Waals surface area (Å²) in [6.07, 6.45) is -4.17. The minimum atomic E-state index is -4.42. The van der Waals surface area contributed by atoms with Crippen molar-refractivity contribution < 1.29 is 22.4 Å². The molecule has 1 fully saturated rings. The molecular weight excluding hydrogens is 462 g/mol. The third-order valence-electron chi connectivity index (χ3n) is 5.92. The van der Waals surface area contributed by atoms with Gasteiger partial charge in [-0.1, -0.05) is 30.3 Å². The van der Waals surface area contributed by atoms with Crippen molar-refractivity contribution in [2.24, 2.45) is 0 Å². The number of hydrogen-bond acceptors (Lipinski definition) is 4. The number of rotatable bonds is 4. The number of amides is 2. The average molecular weight is 488 g/mol. The Morgan fingerprint density at radius 2 is 1.71 bits per heavy atom. The number of hydrogen-bond donors (Lipinski definition) is 1. The Morgan fingerprint density at radius 3 is 2.40 bits per heavy atom. The number of nitrogens with one attached hydrogen (secondary N) is 1. The first-order valence-electron chi connectivity index (χ1n) is 11.2. The van der Waals surface area contributed by atoms with Crippen LogP contribution in [0.3, 0.4) is 0 Å². The third-order valence-corrected chi connectivity index (χ3v) is 5.92. The number of benzene rings is 2. The van der Waals surface area contributed by atoms with Crippen molar-refractivity contribution in [3.63, 3.8) is 0 Å². The van der Waals surface area contributed by atoms with E-state index < -0.39 is 23.6 Å². The first-order chi connectivity index (χ1) is 16.6. The molecule has 1 aliphatic heterocycles. The molecule has 2 aromatic carbocycles. The molecule has 1 aromatic heterocycles. The van der Waals surface area contributed by atoms with Gasteiger partial charge in [0.1, 0.15) is 17.5 Å². The molecule has 0 atom stereocenters. The predicted molar refractivity (Wildman–Crippen MR) is 125 cm³/mol. The number of urea groups is 1. The molecule has 35 heavy (non-hydrogen) atoms. The molecule has 0 aliphatic carbocycles. The molecule has 0 saturated carbocycles. The van der Waals surface area contributed by atoms with Crippen LogP contribution in [-0.2, 0) is 12.6 Å². The van der Waals surface area contributed by atoms with Gasteiger partial charge in [0.15, 0.2) is 0 Å². The second-order valence-electron chi connectivity index (χ2n) is 8.42. The van der Waals surface area contributed by atoms with Crippen molar-refractivity contribution in [2.45, 2.75) is 26.4 Å². The Labute approximate surface area is 200 Å². The molecule has 10 heteroatoms. The van der Waals surface area contributed by atoms with E-state index in [-0.39, 0.29) is 12.1 Å². The van der Waals surface area contributed by atoms with Crippen LogP contribution in [0, 0.1) is 19.7 Å². The van der Waals surface area contributed by atoms with Crippen LogP contribution in [0.1, 0.15) is 28.2 Å². The average Bonchev–Trinajstić information content (AvgIpc) is 2.82. The van der Waals surface area contributed by atoms with Crippen LogP contribution >= 0.6 is 0 Å². The number of aromatic nitrogens is 2. The monoisotopic (exact) mass is 487 g/mol. The number of aryl methyl sites for hydroxylation is 2. The summed E-state index contributed by atoms with van der Waals surface area (Å²) in [7, 11) is 0. The molecule has 3 aromatic rings. The first-order valence-corrected chi connectivity index (χ1v) is 11.2. The number of halogens is 4. The van der Waals surface area contributed by atoms with E-state index in [1.54, 1.807) is 30.0 Å². The van der Waals surface area contributed by atoms with Crippen molar-refractivity contribution in [3.05, 3.63) is 82.6 Å². The van der Waals surface area contributed by atoms with E-state index in [2.05, 4.69) is 15.3 Å². The summed E-state index contributed by atoms with van der Waals surface area (Å²) in [5, 5.41) is 2.59. The Hall–Kier alpha value is -3.69. The molecule has 2 heterocycles. The zero-order valence-electron chi connectivity index (χ0n) is 19.4. The van der Waals surface area contributed by atoms with Crippen LogP contribution in [0.5, 0.6) is 0 Å². The number of anilines is 2. The van der Waals surface area contributed by atoms with Gasteiger partial charge in [-0.3, -0.25) is 0 Å². The zero-order chi connectivity index (χ0) is 25.2. The smallest absolute Gasteiger partial charge is 0.353 e. The molecule has 4 rings (SSSR count). The lowest BCUT2D eigenvalue weighted by atomic mass is 10.0. The maximum absolute atomic E-state index is 13.9. The highest BCUT2D eigenvalue weighted by Crippen LogP contribution is 2.31. The SMILES string of the molecule is Cc1nc(C)c(Cc2cccc(C(F)(F)F)c2)c(N2CCN(C(=O)Nc3ccccc3F)CC2)n1. The minimum absolute atomic E-state index is 0.116. The number of piperazine rings is 1. The molecule has 0 unspecified atom stereocenters. The minimum Gasteiger partial charge on any atom is -0.353 e. The molecule has 1 N–H and O–H groups in total. The Kier molecular flexibility index (Phi) is 6.90. The van der Waals surface area contributed by atoms with Crippen LogP contribution in [0.4, 0.5) is 33.9 Å². The second kappa shape index (κ2) is 9.89. The Morgan fingerprint density at radius 1 is 1.00 bits per heavy atom. The second-order valence-corrected chi connectivity index (χ2v) is 8.42. The van der Waals surface area contributed by atoms with E-state index in [1.165, 1.54) is 18.2 Å². The summed E-state index contributed by atoms with van der Waals surface area (Å²) in [5.74, 6) is 0.706. The van der Waals surface area contributed by atoms with Crippen molar-refractivity contribution >= 4 is 17.5 Å². The molecule has 0 spiro atoms. The number of nitrogens with zero attached hydrogens (tertiary/aromatic N) is 4. The summed E-state index contributed by atoms with van der Waals surface area (Å²) in [4.78, 5) is 25.2. The number of carbonyl (C=O) groups is 1. The van der Waals surface area contributed by atoms with E-state index in [0.29, 0.717) is 49.1 Å². The summed E-state index contributed by atoms with van der Waals surface area (Å²) < 4.78 is 53.4. The fourth-order valence-electron chi connectivity index (χ4n) is 4.13. The van der Waals surface area contributed by atoms with Gasteiger partial charge in [0.2, 0.25) is 0 Å². The van der Waals surface area contributed by atoms with Crippen molar-refractivity contribution in [3.8, 4) is 0 Å². The highest BCUT2D eigenvalue weighted by atomic mass is 19.4. The van der Waals surface area contributed by atoms with E-state index in [4.69, 9.17) is 0 Å². The summed E-state index contributed by atoms with van der Waals surface area (Å²) >= 11 is 0. The number of carbonyl (C=O) groups excluding carboxylic acids is 1. The van der Waals surface area contributed by atoms with Crippen LogP contribution in [0.25, 0.3) is 0 Å². The van der Waals surface area contributed by atoms with Gasteiger partial charge in [0.25, 0.3) is 0 Å². The molecule has 0 bridgehead atoms. The fraction of sp³-hybridized carbons (Fsp3) is 0.320. The van der Waals surface area contributed by atoms with E-state index in [1.807, 2.05) is 11.8 Å². The fourth-order valence-corrected chi connectivity index (χ4v) is 4.13. The molecule has 1 saturated heterocycles. The van der Waals surface area contributed by atoms with Crippen LogP contribution < -0.4 is 10.2 Å². The lowest BCUT2D eigenvalue weighted by Crippen LogP contribution is -2.50. The van der Waals surface area contributed by atoms with E-state index in [9.17, 15) is 22.4 Å². The lowest BCUT2D eigenvalue weighted by molar-refractivity contribution is -0.137. The quantitative estimate of drug-likeness (QED) is 0.514. The van der Waals surface area contributed by atoms with Gasteiger partial charge in [-0.2, -0.15) is 13.2 Å². The Bertz CT molecular complexity index is 1220. The molecule has 6 nitrogen and oxygen atoms in total. The summed E-state index contributed by atoms with van der Waals surface area (Å²) in [5.41, 5.74) is 1.38. The third kappa shape index (κ3) is 5.70. The molecule has 184 valence electrons. The van der Waals surface area contributed by atoms with Crippen molar-refractivity contribution in [1.82, 2.24) is 14.9 Å². The van der Waals surface area contributed by atoms with Gasteiger partial charge in [-0.05, 0) is 37.6 Å². The van der Waals surface area contributed by atoms with Crippen molar-refractivity contribution in [2.75, 3.05) is 36.4 Å². The number of para-hydroxylation sites is 1. The van der Waals surface area contributed by atoms with Gasteiger partial charge in [0, 0.05) is 43.9 Å². The van der Waals surface area contributed by atoms with Gasteiger partial charge in [-0.25, -0.2) is 19.2 Å². The predicted octanol–water partition coefficient (Wildman–Crippen LogP) is 5.20. The maximum atomic E-state index is 13.9. The van der Waals surface area contributed by atoms with Gasteiger partial charge >= 0.3 is 12.2 Å². The molecule has 0 radical (unpaired) electrons. The standard InChI is InChI=1S/C25H25F4N5O/c1-16-20(15-18-6-5-7-19(14-18)25(27,28)29)23(31-17(2)30-16)33-10-12-34(13-11-33)24(35)32-22-9-4-3-8-21(22)26/h3-9,14H,10-13,15H2,1-2H3,(H,32,35). The highest BCUT2D eigenvalue weighted by molar-refractivity contribution is 5.89. The van der Waals surface area contributed by atoms with E-state index >= 15 is 0 Å². The lowest BCUT2D eigenvalue weighted by Gasteiger charge is -2.36.